The molecule has 0 radical (unpaired) electrons. The van der Waals surface area contributed by atoms with Crippen molar-refractivity contribution in [3.05, 3.63) is 16.4 Å². The van der Waals surface area contributed by atoms with E-state index in [0.29, 0.717) is 6.54 Å². The normalized spacial score (nSPS) is 11.7. The van der Waals surface area contributed by atoms with Gasteiger partial charge in [0, 0.05) is 15.8 Å². The van der Waals surface area contributed by atoms with Gasteiger partial charge in [-0.05, 0) is 17.8 Å². The van der Waals surface area contributed by atoms with Crippen LogP contribution < -0.4 is 0 Å². The summed E-state index contributed by atoms with van der Waals surface area (Å²) in [6.45, 7) is 4.97. The number of rotatable bonds is 8. The topological polar surface area (TPSA) is 73.8 Å². The summed E-state index contributed by atoms with van der Waals surface area (Å²) in [7, 11) is 0. The molecule has 0 aromatic carbocycles. The fourth-order valence-electron chi connectivity index (χ4n) is 2.31. The molecule has 1 aromatic rings. The van der Waals surface area contributed by atoms with E-state index in [1.54, 1.807) is 4.68 Å². The van der Waals surface area contributed by atoms with E-state index in [9.17, 15) is 10.1 Å². The molecule has 0 unspecified atom stereocenters. The largest absolute Gasteiger partial charge is 0.490 e. The lowest BCUT2D eigenvalue weighted by atomic mass is 9.81. The summed E-state index contributed by atoms with van der Waals surface area (Å²) in [5.41, 5.74) is 0.102. The summed E-state index contributed by atoms with van der Waals surface area (Å²) >= 11 is 3.57. The van der Waals surface area contributed by atoms with Crippen molar-refractivity contribution in [1.82, 2.24) is 14.8 Å². The maximum atomic E-state index is 10.6. The van der Waals surface area contributed by atoms with Crippen LogP contribution in [0.4, 0.5) is 5.95 Å². The van der Waals surface area contributed by atoms with E-state index in [1.807, 2.05) is 0 Å². The smallest absolute Gasteiger partial charge is 0.390 e. The Kier molecular flexibility index (Phi) is 5.71. The minimum atomic E-state index is -0.564. The van der Waals surface area contributed by atoms with Crippen molar-refractivity contribution in [3.63, 3.8) is 0 Å². The van der Waals surface area contributed by atoms with Crippen LogP contribution in [0, 0.1) is 15.5 Å². The van der Waals surface area contributed by atoms with Crippen molar-refractivity contribution in [1.29, 1.82) is 0 Å². The summed E-state index contributed by atoms with van der Waals surface area (Å²) in [5.74, 6) is -0.327. The van der Waals surface area contributed by atoms with E-state index in [0.717, 1.165) is 31.0 Å². The number of nitro groups is 1. The molecule has 0 atom stereocenters. The third-order valence-corrected chi connectivity index (χ3v) is 4.22. The average molecular weight is 319 g/mol. The third-order valence-electron chi connectivity index (χ3n) is 3.03. The minimum absolute atomic E-state index is 0.102. The molecule has 102 valence electrons. The zero-order valence-electron chi connectivity index (χ0n) is 10.8. The van der Waals surface area contributed by atoms with Gasteiger partial charge in [-0.1, -0.05) is 47.6 Å². The van der Waals surface area contributed by atoms with E-state index in [-0.39, 0.29) is 11.4 Å². The fraction of sp³-hybridized carbons (Fsp3) is 0.818. The van der Waals surface area contributed by atoms with Crippen LogP contribution in [0.25, 0.3) is 0 Å². The lowest BCUT2D eigenvalue weighted by Crippen LogP contribution is -2.29. The summed E-state index contributed by atoms with van der Waals surface area (Å²) in [5, 5.41) is 15.3. The number of alkyl halides is 1. The highest BCUT2D eigenvalue weighted by molar-refractivity contribution is 9.09. The second-order valence-electron chi connectivity index (χ2n) is 4.63. The van der Waals surface area contributed by atoms with Gasteiger partial charge in [-0.3, -0.25) is 0 Å². The molecule has 0 aliphatic carbocycles. The van der Waals surface area contributed by atoms with E-state index in [2.05, 4.69) is 39.9 Å². The van der Waals surface area contributed by atoms with Crippen LogP contribution in [0.3, 0.4) is 0 Å². The number of nitrogens with zero attached hydrogens (tertiary/aromatic N) is 4. The Balaban J connectivity index is 2.83. The van der Waals surface area contributed by atoms with Gasteiger partial charge in [-0.15, -0.1) is 0 Å². The van der Waals surface area contributed by atoms with Crippen LogP contribution in [0.2, 0.25) is 0 Å². The molecule has 0 saturated carbocycles. The SMILES string of the molecule is CCCC(CBr)(CCC)Cn1cnc([N+](=O)[O-])n1. The lowest BCUT2D eigenvalue weighted by Gasteiger charge is -2.30. The summed E-state index contributed by atoms with van der Waals surface area (Å²) in [4.78, 5) is 13.7. The Labute approximate surface area is 115 Å². The molecule has 0 fully saturated rings. The zero-order chi connectivity index (χ0) is 13.6. The highest BCUT2D eigenvalue weighted by Gasteiger charge is 2.30. The first-order valence-electron chi connectivity index (χ1n) is 6.16. The predicted octanol–water partition coefficient (Wildman–Crippen LogP) is 3.17. The van der Waals surface area contributed by atoms with E-state index < -0.39 is 4.92 Å². The molecule has 1 rings (SSSR count). The molecule has 1 aromatic heterocycles. The zero-order valence-corrected chi connectivity index (χ0v) is 12.4. The summed E-state index contributed by atoms with van der Waals surface area (Å²) in [6.07, 6.45) is 5.76. The van der Waals surface area contributed by atoms with Crippen molar-refractivity contribution in [2.45, 2.75) is 46.1 Å². The maximum absolute atomic E-state index is 10.6. The first-order chi connectivity index (χ1) is 8.56. The lowest BCUT2D eigenvalue weighted by molar-refractivity contribution is -0.394. The van der Waals surface area contributed by atoms with Crippen LogP contribution >= 0.6 is 15.9 Å². The van der Waals surface area contributed by atoms with Crippen molar-refractivity contribution >= 4 is 21.9 Å². The second kappa shape index (κ2) is 6.82. The van der Waals surface area contributed by atoms with Crippen molar-refractivity contribution < 1.29 is 4.92 Å². The Morgan fingerprint density at radius 2 is 2.06 bits per heavy atom. The number of hydrogen-bond donors (Lipinski definition) is 0. The van der Waals surface area contributed by atoms with Gasteiger partial charge in [0.05, 0.1) is 6.54 Å². The van der Waals surface area contributed by atoms with E-state index in [1.165, 1.54) is 6.33 Å². The van der Waals surface area contributed by atoms with E-state index >= 15 is 0 Å². The first-order valence-corrected chi connectivity index (χ1v) is 7.29. The van der Waals surface area contributed by atoms with Crippen LogP contribution in [-0.2, 0) is 6.54 Å². The van der Waals surface area contributed by atoms with Gasteiger partial charge in [-0.25, -0.2) is 0 Å². The van der Waals surface area contributed by atoms with Crippen LogP contribution in [0.15, 0.2) is 6.33 Å². The Morgan fingerprint density at radius 3 is 2.44 bits per heavy atom. The third kappa shape index (κ3) is 3.76. The highest BCUT2D eigenvalue weighted by Crippen LogP contribution is 2.33. The predicted molar refractivity (Wildman–Crippen MR) is 72.7 cm³/mol. The van der Waals surface area contributed by atoms with Gasteiger partial charge in [-0.2, -0.15) is 4.68 Å². The Morgan fingerprint density at radius 1 is 1.44 bits per heavy atom. The molecular weight excluding hydrogens is 300 g/mol. The van der Waals surface area contributed by atoms with Gasteiger partial charge < -0.3 is 10.1 Å². The second-order valence-corrected chi connectivity index (χ2v) is 5.19. The molecule has 0 aliphatic rings. The molecule has 18 heavy (non-hydrogen) atoms. The van der Waals surface area contributed by atoms with Gasteiger partial charge in [0.15, 0.2) is 0 Å². The number of halogens is 1. The van der Waals surface area contributed by atoms with Crippen molar-refractivity contribution in [2.24, 2.45) is 5.41 Å². The highest BCUT2D eigenvalue weighted by atomic mass is 79.9. The molecule has 0 spiro atoms. The number of hydrogen-bond acceptors (Lipinski definition) is 4. The molecule has 0 aliphatic heterocycles. The molecule has 0 amide bonds. The van der Waals surface area contributed by atoms with Crippen LogP contribution in [0.1, 0.15) is 39.5 Å². The minimum Gasteiger partial charge on any atom is -0.390 e. The Hall–Kier alpha value is -0.980. The van der Waals surface area contributed by atoms with Gasteiger partial charge in [0.25, 0.3) is 0 Å². The molecular formula is C11H19BrN4O2. The van der Waals surface area contributed by atoms with Crippen molar-refractivity contribution in [2.75, 3.05) is 5.33 Å². The summed E-state index contributed by atoms with van der Waals surface area (Å²) < 4.78 is 1.59. The van der Waals surface area contributed by atoms with Crippen molar-refractivity contribution in [3.8, 4) is 0 Å². The van der Waals surface area contributed by atoms with E-state index in [4.69, 9.17) is 0 Å². The molecule has 7 heteroatoms. The molecule has 1 heterocycles. The number of aromatic nitrogens is 3. The van der Waals surface area contributed by atoms with Gasteiger partial charge in [0.2, 0.25) is 6.33 Å². The molecule has 0 bridgehead atoms. The molecule has 6 nitrogen and oxygen atoms in total. The summed E-state index contributed by atoms with van der Waals surface area (Å²) in [6, 6.07) is 0. The molecule has 0 saturated heterocycles. The average Bonchev–Trinajstić information content (AvgIpc) is 2.78. The first kappa shape index (κ1) is 15.1. The maximum Gasteiger partial charge on any atom is 0.490 e. The Bertz CT molecular complexity index is 388. The standard InChI is InChI=1S/C11H19BrN4O2/c1-3-5-11(7-12,6-4-2)8-15-9-13-10(14-15)16(17)18/h9H,3-8H2,1-2H3. The fourth-order valence-corrected chi connectivity index (χ4v) is 3.05. The van der Waals surface area contributed by atoms with Gasteiger partial charge in [0.1, 0.15) is 0 Å². The van der Waals surface area contributed by atoms with Crippen LogP contribution in [-0.4, -0.2) is 25.0 Å². The quantitative estimate of drug-likeness (QED) is 0.419. The van der Waals surface area contributed by atoms with Gasteiger partial charge >= 0.3 is 5.95 Å². The molecule has 0 N–H and O–H groups in total. The monoisotopic (exact) mass is 318 g/mol. The van der Waals surface area contributed by atoms with Crippen LogP contribution in [0.5, 0.6) is 0 Å².